The lowest BCUT2D eigenvalue weighted by molar-refractivity contribution is -0.291. The molecule has 7 N–H and O–H groups in total. The molecule has 1 aromatic carbocycles. The second-order valence-electron chi connectivity index (χ2n) is 7.57. The van der Waals surface area contributed by atoms with Gasteiger partial charge in [-0.25, -0.2) is 9.68 Å². The van der Waals surface area contributed by atoms with Crippen LogP contribution in [0.25, 0.3) is 0 Å². The molecule has 0 aliphatic carbocycles. The predicted octanol–water partition coefficient (Wildman–Crippen LogP) is -1.65. The molecule has 2 heterocycles. The lowest BCUT2D eigenvalue weighted by Gasteiger charge is -2.39. The van der Waals surface area contributed by atoms with Crippen LogP contribution < -0.4 is 0 Å². The van der Waals surface area contributed by atoms with Crippen molar-refractivity contribution in [3.63, 3.8) is 0 Å². The third-order valence-corrected chi connectivity index (χ3v) is 5.56. The number of hydrogen-bond acceptors (Lipinski definition) is 12. The minimum Gasteiger partial charge on any atom is -0.505 e. The second-order valence-corrected chi connectivity index (χ2v) is 7.57. The molecule has 32 heavy (non-hydrogen) atoms. The summed E-state index contributed by atoms with van der Waals surface area (Å²) in [6.45, 7) is -1.44. The van der Waals surface area contributed by atoms with Gasteiger partial charge in [0.1, 0.15) is 37.1 Å². The summed E-state index contributed by atoms with van der Waals surface area (Å²) < 4.78 is 15.7. The second kappa shape index (κ2) is 10.1. The molecule has 178 valence electrons. The Morgan fingerprint density at radius 3 is 2.41 bits per heavy atom. The summed E-state index contributed by atoms with van der Waals surface area (Å²) in [6, 6.07) is 8.92. The number of benzene rings is 1. The molecule has 0 radical (unpaired) electrons. The van der Waals surface area contributed by atoms with Gasteiger partial charge in [0.05, 0.1) is 6.61 Å². The Morgan fingerprint density at radius 1 is 1.09 bits per heavy atom. The molecule has 1 saturated heterocycles. The minimum atomic E-state index is -2.04. The van der Waals surface area contributed by atoms with Crippen LogP contribution in [-0.4, -0.2) is 97.5 Å². The molecule has 0 amide bonds. The van der Waals surface area contributed by atoms with Crippen molar-refractivity contribution in [2.75, 3.05) is 13.2 Å². The van der Waals surface area contributed by atoms with Gasteiger partial charge >= 0.3 is 5.97 Å². The third-order valence-electron chi connectivity index (χ3n) is 5.56. The Morgan fingerprint density at radius 2 is 1.78 bits per heavy atom. The summed E-state index contributed by atoms with van der Waals surface area (Å²) in [6.07, 6.45) is -9.92. The summed E-state index contributed by atoms with van der Waals surface area (Å²) in [5, 5.41) is 69.2. The van der Waals surface area contributed by atoms with Gasteiger partial charge in [0.25, 0.3) is 0 Å². The molecule has 7 atom stereocenters. The van der Waals surface area contributed by atoms with E-state index < -0.39 is 73.1 Å². The lowest BCUT2D eigenvalue weighted by Crippen LogP contribution is -2.59. The number of aliphatic hydroxyl groups excluding tert-OH is 6. The van der Waals surface area contributed by atoms with E-state index in [2.05, 4.69) is 4.89 Å². The van der Waals surface area contributed by atoms with Crippen LogP contribution in [0, 0.1) is 0 Å². The fourth-order valence-electron chi connectivity index (χ4n) is 3.68. The Kier molecular flexibility index (Phi) is 7.69. The van der Waals surface area contributed by atoms with Crippen LogP contribution >= 0.6 is 0 Å². The van der Waals surface area contributed by atoms with Gasteiger partial charge in [-0.3, -0.25) is 5.26 Å². The van der Waals surface area contributed by atoms with Crippen molar-refractivity contribution in [3.8, 4) is 0 Å². The van der Waals surface area contributed by atoms with Crippen molar-refractivity contribution in [1.29, 1.82) is 0 Å². The van der Waals surface area contributed by atoms with Crippen LogP contribution in [0.15, 0.2) is 41.9 Å². The topological polar surface area (TPSA) is 196 Å². The molecule has 1 aromatic rings. The van der Waals surface area contributed by atoms with Gasteiger partial charge in [0, 0.05) is 6.42 Å². The van der Waals surface area contributed by atoms with Crippen molar-refractivity contribution < 1.29 is 59.8 Å². The van der Waals surface area contributed by atoms with Crippen LogP contribution in [0.4, 0.5) is 0 Å². The molecule has 1 unspecified atom stereocenters. The van der Waals surface area contributed by atoms with E-state index >= 15 is 0 Å². The Hall–Kier alpha value is -2.29. The Balaban J connectivity index is 1.88. The molecule has 2 aliphatic heterocycles. The van der Waals surface area contributed by atoms with Crippen LogP contribution in [-0.2, 0) is 30.3 Å². The number of hydrogen-bond donors (Lipinski definition) is 7. The van der Waals surface area contributed by atoms with E-state index in [0.29, 0.717) is 0 Å². The van der Waals surface area contributed by atoms with E-state index in [0.717, 1.165) is 5.56 Å². The van der Waals surface area contributed by atoms with E-state index in [4.69, 9.17) is 19.5 Å². The first-order valence-corrected chi connectivity index (χ1v) is 9.87. The van der Waals surface area contributed by atoms with Gasteiger partial charge in [-0.15, -0.1) is 0 Å². The highest BCUT2D eigenvalue weighted by Crippen LogP contribution is 2.40. The average Bonchev–Trinajstić information content (AvgIpc) is 3.04. The summed E-state index contributed by atoms with van der Waals surface area (Å²) in [5.41, 5.74) is -1.24. The Bertz CT molecular complexity index is 812. The largest absolute Gasteiger partial charge is 0.505 e. The van der Waals surface area contributed by atoms with Crippen LogP contribution in [0.3, 0.4) is 0 Å². The van der Waals surface area contributed by atoms with Crippen molar-refractivity contribution in [1.82, 2.24) is 0 Å². The van der Waals surface area contributed by atoms with E-state index in [9.17, 15) is 35.4 Å². The van der Waals surface area contributed by atoms with Crippen LogP contribution in [0.2, 0.25) is 0 Å². The SMILES string of the molecule is O=C1O[C@](CCc2ccccc2)([C@@H](O)COO)C(O)=C1OC1O[C@H](CO)[C@@H](O)[C@H](O)[C@H]1O. The lowest BCUT2D eigenvalue weighted by atomic mass is 9.88. The quantitative estimate of drug-likeness (QED) is 0.127. The zero-order valence-corrected chi connectivity index (χ0v) is 16.9. The standard InChI is InChI=1S/C20H26O12/c21-8-11-13(23)14(24)15(25)19(30-11)31-16-17(26)20(32-18(16)27,12(22)9-29-28)7-6-10-4-2-1-3-5-10/h1-5,11-15,19,21-26,28H,6-9H2/t11-,12+,13-,14+,15-,19?,20-/m1/s1. The zero-order valence-electron chi connectivity index (χ0n) is 16.9. The molecule has 2 aliphatic rings. The average molecular weight is 458 g/mol. The minimum absolute atomic E-state index is 0.124. The molecule has 3 rings (SSSR count). The smallest absolute Gasteiger partial charge is 0.378 e. The van der Waals surface area contributed by atoms with Crippen molar-refractivity contribution in [2.24, 2.45) is 0 Å². The maximum absolute atomic E-state index is 12.5. The van der Waals surface area contributed by atoms with Gasteiger partial charge in [-0.1, -0.05) is 30.3 Å². The third kappa shape index (κ3) is 4.58. The van der Waals surface area contributed by atoms with E-state index in [1.807, 2.05) is 0 Å². The van der Waals surface area contributed by atoms with Gasteiger partial charge in [0.15, 0.2) is 5.76 Å². The molecule has 12 heteroatoms. The number of carbonyl (C=O) groups excluding carboxylic acids is 1. The van der Waals surface area contributed by atoms with Gasteiger partial charge in [-0.05, 0) is 12.0 Å². The van der Waals surface area contributed by atoms with Gasteiger partial charge in [0.2, 0.25) is 17.7 Å². The molecule has 0 spiro atoms. The van der Waals surface area contributed by atoms with Gasteiger partial charge < -0.3 is 44.8 Å². The molecular formula is C20H26O12. The fourth-order valence-corrected chi connectivity index (χ4v) is 3.68. The Labute approximate surface area is 182 Å². The monoisotopic (exact) mass is 458 g/mol. The fraction of sp³-hybridized carbons (Fsp3) is 0.550. The van der Waals surface area contributed by atoms with Crippen molar-refractivity contribution in [3.05, 3.63) is 47.4 Å². The predicted molar refractivity (Wildman–Crippen MR) is 103 cm³/mol. The highest BCUT2D eigenvalue weighted by Gasteiger charge is 2.56. The number of aliphatic hydroxyl groups is 6. The summed E-state index contributed by atoms with van der Waals surface area (Å²) in [7, 11) is 0. The molecule has 0 bridgehead atoms. The molecular weight excluding hydrogens is 432 g/mol. The first-order chi connectivity index (χ1) is 15.2. The number of cyclic esters (lactones) is 1. The van der Waals surface area contributed by atoms with Crippen molar-refractivity contribution >= 4 is 5.97 Å². The number of esters is 1. The highest BCUT2D eigenvalue weighted by molar-refractivity contribution is 5.90. The van der Waals surface area contributed by atoms with E-state index in [1.54, 1.807) is 30.3 Å². The maximum atomic E-state index is 12.5. The van der Waals surface area contributed by atoms with Crippen molar-refractivity contribution in [2.45, 2.75) is 55.3 Å². The van der Waals surface area contributed by atoms with Crippen LogP contribution in [0.5, 0.6) is 0 Å². The van der Waals surface area contributed by atoms with Gasteiger partial charge in [-0.2, -0.15) is 0 Å². The first kappa shape index (κ1) is 24.4. The first-order valence-electron chi connectivity index (χ1n) is 9.87. The normalized spacial score (nSPS) is 33.8. The molecule has 0 aromatic heterocycles. The zero-order chi connectivity index (χ0) is 23.5. The number of ether oxygens (including phenoxy) is 3. The van der Waals surface area contributed by atoms with Crippen LogP contribution in [0.1, 0.15) is 12.0 Å². The molecule has 1 fully saturated rings. The summed E-state index contributed by atoms with van der Waals surface area (Å²) in [4.78, 5) is 16.5. The summed E-state index contributed by atoms with van der Waals surface area (Å²) in [5.74, 6) is -2.84. The number of aryl methyl sites for hydroxylation is 1. The highest BCUT2D eigenvalue weighted by atomic mass is 17.1. The summed E-state index contributed by atoms with van der Waals surface area (Å²) >= 11 is 0. The van der Waals surface area contributed by atoms with E-state index in [1.165, 1.54) is 0 Å². The maximum Gasteiger partial charge on any atom is 0.378 e. The van der Waals surface area contributed by atoms with E-state index in [-0.39, 0.29) is 12.8 Å². The molecule has 0 saturated carbocycles. The molecule has 12 nitrogen and oxygen atoms in total. The number of rotatable bonds is 9. The number of carbonyl (C=O) groups is 1.